The van der Waals surface area contributed by atoms with Crippen LogP contribution >= 0.6 is 0 Å². The van der Waals surface area contributed by atoms with Gasteiger partial charge >= 0.3 is 5.97 Å². The van der Waals surface area contributed by atoms with Crippen LogP contribution in [0.25, 0.3) is 6.08 Å². The van der Waals surface area contributed by atoms with Gasteiger partial charge in [0.05, 0.1) is 6.42 Å². The smallest absolute Gasteiger partial charge is 0.328 e. The first kappa shape index (κ1) is 13.8. The van der Waals surface area contributed by atoms with Crippen molar-refractivity contribution in [1.29, 1.82) is 0 Å². The summed E-state index contributed by atoms with van der Waals surface area (Å²) < 4.78 is 0. The molecule has 1 rings (SSSR count). The average molecular weight is 249 g/mol. The average Bonchev–Trinajstić information content (AvgIpc) is 2.27. The lowest BCUT2D eigenvalue weighted by molar-refractivity contribution is -0.131. The molecule has 96 valence electrons. The van der Waals surface area contributed by atoms with Crippen LogP contribution < -0.4 is 0 Å². The first-order valence-electron chi connectivity index (χ1n) is 5.33. The molecule has 0 fully saturated rings. The molecule has 1 amide bonds. The van der Waals surface area contributed by atoms with Crippen LogP contribution in [0.4, 0.5) is 0 Å². The molecule has 0 atom stereocenters. The number of phenolic OH excluding ortho intramolecular Hbond substituents is 1. The molecule has 0 radical (unpaired) electrons. The quantitative estimate of drug-likeness (QED) is 0.784. The Kier molecular flexibility index (Phi) is 4.48. The number of carbonyl (C=O) groups is 2. The number of carbonyl (C=O) groups excluding carboxylic acids is 1. The van der Waals surface area contributed by atoms with E-state index in [9.17, 15) is 14.7 Å². The third kappa shape index (κ3) is 3.93. The number of hydrogen-bond acceptors (Lipinski definition) is 3. The number of carboxylic acid groups (broad SMARTS) is 1. The molecule has 0 heterocycles. The molecule has 1 aromatic carbocycles. The standard InChI is InChI=1S/C13H15NO4/c1-14(2)12(16)8-10-7-11(15)5-3-9(10)4-6-13(17)18/h3-7,15H,8H2,1-2H3,(H,17,18). The fourth-order valence-electron chi connectivity index (χ4n) is 1.39. The Hall–Kier alpha value is -2.30. The lowest BCUT2D eigenvalue weighted by Crippen LogP contribution is -2.23. The van der Waals surface area contributed by atoms with Gasteiger partial charge in [0.2, 0.25) is 5.91 Å². The number of phenols is 1. The highest BCUT2D eigenvalue weighted by atomic mass is 16.4. The Bertz CT molecular complexity index is 492. The van der Waals surface area contributed by atoms with Crippen LogP contribution in [0.3, 0.4) is 0 Å². The number of nitrogens with zero attached hydrogens (tertiary/aromatic N) is 1. The second kappa shape index (κ2) is 5.86. The number of benzene rings is 1. The number of likely N-dealkylation sites (N-methyl/N-ethyl adjacent to an activating group) is 1. The van der Waals surface area contributed by atoms with Crippen LogP contribution in [0, 0.1) is 0 Å². The third-order valence-electron chi connectivity index (χ3n) is 2.37. The number of aromatic hydroxyl groups is 1. The van der Waals surface area contributed by atoms with Gasteiger partial charge in [0, 0.05) is 20.2 Å². The molecule has 0 aromatic heterocycles. The lowest BCUT2D eigenvalue weighted by Gasteiger charge is -2.12. The number of aliphatic carboxylic acids is 1. The highest BCUT2D eigenvalue weighted by molar-refractivity contribution is 5.86. The molecule has 5 nitrogen and oxygen atoms in total. The second-order valence-corrected chi connectivity index (χ2v) is 4.02. The van der Waals surface area contributed by atoms with Gasteiger partial charge in [0.15, 0.2) is 0 Å². The SMILES string of the molecule is CN(C)C(=O)Cc1cc(O)ccc1C=CC(=O)O. The van der Waals surface area contributed by atoms with Gasteiger partial charge in [-0.15, -0.1) is 0 Å². The first-order valence-corrected chi connectivity index (χ1v) is 5.33. The Morgan fingerprint density at radius 1 is 1.33 bits per heavy atom. The molecule has 0 aliphatic carbocycles. The maximum absolute atomic E-state index is 11.6. The Morgan fingerprint density at radius 3 is 2.56 bits per heavy atom. The summed E-state index contributed by atoms with van der Waals surface area (Å²) in [5.74, 6) is -1.14. The van der Waals surface area contributed by atoms with Crippen LogP contribution in [0.1, 0.15) is 11.1 Å². The fraction of sp³-hybridized carbons (Fsp3) is 0.231. The summed E-state index contributed by atoms with van der Waals surface area (Å²) in [5, 5.41) is 18.0. The minimum Gasteiger partial charge on any atom is -0.508 e. The van der Waals surface area contributed by atoms with E-state index in [2.05, 4.69) is 0 Å². The van der Waals surface area contributed by atoms with Crippen molar-refractivity contribution in [1.82, 2.24) is 4.90 Å². The normalized spacial score (nSPS) is 10.6. The number of amides is 1. The van der Waals surface area contributed by atoms with Crippen molar-refractivity contribution in [2.45, 2.75) is 6.42 Å². The van der Waals surface area contributed by atoms with Crippen LogP contribution in [0.15, 0.2) is 24.3 Å². The summed E-state index contributed by atoms with van der Waals surface area (Å²) in [6.07, 6.45) is 2.51. The van der Waals surface area contributed by atoms with Crippen LogP contribution in [-0.4, -0.2) is 41.1 Å². The maximum Gasteiger partial charge on any atom is 0.328 e. The topological polar surface area (TPSA) is 77.8 Å². The molecule has 18 heavy (non-hydrogen) atoms. The van der Waals surface area contributed by atoms with E-state index in [1.807, 2.05) is 0 Å². The number of carboxylic acids is 1. The van der Waals surface area contributed by atoms with E-state index in [-0.39, 0.29) is 18.1 Å². The van der Waals surface area contributed by atoms with Crippen LogP contribution in [0.2, 0.25) is 0 Å². The minimum atomic E-state index is -1.06. The Morgan fingerprint density at radius 2 is 2.00 bits per heavy atom. The molecule has 0 spiro atoms. The summed E-state index contributed by atoms with van der Waals surface area (Å²) in [5.41, 5.74) is 1.19. The van der Waals surface area contributed by atoms with Crippen molar-refractivity contribution in [3.63, 3.8) is 0 Å². The Balaban J connectivity index is 3.04. The lowest BCUT2D eigenvalue weighted by atomic mass is 10.0. The van der Waals surface area contributed by atoms with Gasteiger partial charge in [-0.2, -0.15) is 0 Å². The van der Waals surface area contributed by atoms with Gasteiger partial charge in [-0.25, -0.2) is 4.79 Å². The molecular weight excluding hydrogens is 234 g/mol. The van der Waals surface area contributed by atoms with E-state index < -0.39 is 5.97 Å². The molecule has 0 saturated carbocycles. The van der Waals surface area contributed by atoms with E-state index in [0.717, 1.165) is 6.08 Å². The van der Waals surface area contributed by atoms with Crippen molar-refractivity contribution in [2.75, 3.05) is 14.1 Å². The van der Waals surface area contributed by atoms with E-state index in [4.69, 9.17) is 5.11 Å². The fourth-order valence-corrected chi connectivity index (χ4v) is 1.39. The summed E-state index contributed by atoms with van der Waals surface area (Å²) >= 11 is 0. The van der Waals surface area contributed by atoms with Crippen molar-refractivity contribution in [2.24, 2.45) is 0 Å². The Labute approximate surface area is 105 Å². The van der Waals surface area contributed by atoms with Crippen LogP contribution in [0.5, 0.6) is 5.75 Å². The van der Waals surface area contributed by atoms with E-state index in [1.54, 1.807) is 20.2 Å². The molecular formula is C13H15NO4. The highest BCUT2D eigenvalue weighted by Crippen LogP contribution is 2.19. The second-order valence-electron chi connectivity index (χ2n) is 4.02. The van der Waals surface area contributed by atoms with Gasteiger partial charge < -0.3 is 15.1 Å². The van der Waals surface area contributed by atoms with Gasteiger partial charge in [0.25, 0.3) is 0 Å². The summed E-state index contributed by atoms with van der Waals surface area (Å²) in [4.78, 5) is 23.5. The van der Waals surface area contributed by atoms with E-state index in [1.165, 1.54) is 23.1 Å². The van der Waals surface area contributed by atoms with Crippen molar-refractivity contribution in [3.8, 4) is 5.75 Å². The largest absolute Gasteiger partial charge is 0.508 e. The van der Waals surface area contributed by atoms with Gasteiger partial charge in [-0.1, -0.05) is 6.07 Å². The van der Waals surface area contributed by atoms with Gasteiger partial charge in [-0.3, -0.25) is 4.79 Å². The molecule has 5 heteroatoms. The van der Waals surface area contributed by atoms with E-state index in [0.29, 0.717) is 11.1 Å². The maximum atomic E-state index is 11.6. The molecule has 0 aliphatic heterocycles. The zero-order valence-electron chi connectivity index (χ0n) is 10.3. The predicted molar refractivity (Wildman–Crippen MR) is 67.2 cm³/mol. The molecule has 0 aliphatic rings. The zero-order valence-corrected chi connectivity index (χ0v) is 10.3. The summed E-state index contributed by atoms with van der Waals surface area (Å²) in [6, 6.07) is 4.49. The molecule has 0 unspecified atom stereocenters. The zero-order chi connectivity index (χ0) is 13.7. The number of rotatable bonds is 4. The highest BCUT2D eigenvalue weighted by Gasteiger charge is 2.09. The summed E-state index contributed by atoms with van der Waals surface area (Å²) in [7, 11) is 3.27. The third-order valence-corrected chi connectivity index (χ3v) is 2.37. The van der Waals surface area contributed by atoms with Gasteiger partial charge in [-0.05, 0) is 29.3 Å². The monoisotopic (exact) mass is 249 g/mol. The van der Waals surface area contributed by atoms with Crippen LogP contribution in [-0.2, 0) is 16.0 Å². The molecule has 0 bridgehead atoms. The molecule has 1 aromatic rings. The van der Waals surface area contributed by atoms with Crippen molar-refractivity contribution < 1.29 is 19.8 Å². The van der Waals surface area contributed by atoms with Crippen molar-refractivity contribution in [3.05, 3.63) is 35.4 Å². The first-order chi connectivity index (χ1) is 8.40. The van der Waals surface area contributed by atoms with Gasteiger partial charge in [0.1, 0.15) is 5.75 Å². The summed E-state index contributed by atoms with van der Waals surface area (Å²) in [6.45, 7) is 0. The van der Waals surface area contributed by atoms with Crippen molar-refractivity contribution >= 4 is 18.0 Å². The molecule has 2 N–H and O–H groups in total. The van der Waals surface area contributed by atoms with E-state index >= 15 is 0 Å². The predicted octanol–water partition coefficient (Wildman–Crippen LogP) is 1.12. The molecule has 0 saturated heterocycles. The number of hydrogen-bond donors (Lipinski definition) is 2. The minimum absolute atomic E-state index is 0.0454.